The molecule has 0 atom stereocenters. The molecular weight excluding hydrogens is 288 g/mol. The van der Waals surface area contributed by atoms with E-state index in [1.54, 1.807) is 6.08 Å². The van der Waals surface area contributed by atoms with Crippen molar-refractivity contribution in [2.75, 3.05) is 18.5 Å². The zero-order valence-corrected chi connectivity index (χ0v) is 13.2. The average Bonchev–Trinajstić information content (AvgIpc) is 2.96. The van der Waals surface area contributed by atoms with Gasteiger partial charge in [0.2, 0.25) is 5.90 Å². The molecule has 1 aliphatic heterocycles. The number of anilines is 1. The average molecular weight is 306 g/mol. The first kappa shape index (κ1) is 15.0. The normalized spacial score (nSPS) is 15.5. The molecule has 0 saturated carbocycles. The number of carbonyl (C=O) groups excluding carboxylic acids is 1. The molecule has 0 amide bonds. The van der Waals surface area contributed by atoms with E-state index in [9.17, 15) is 4.79 Å². The van der Waals surface area contributed by atoms with E-state index in [-0.39, 0.29) is 0 Å². The van der Waals surface area contributed by atoms with Gasteiger partial charge in [-0.2, -0.15) is 0 Å². The number of benzene rings is 2. The molecule has 0 aromatic heterocycles. The van der Waals surface area contributed by atoms with E-state index in [4.69, 9.17) is 4.74 Å². The molecule has 3 rings (SSSR count). The van der Waals surface area contributed by atoms with Crippen molar-refractivity contribution in [1.29, 1.82) is 0 Å². The Hall–Kier alpha value is -2.88. The molecule has 1 heterocycles. The molecule has 4 heteroatoms. The van der Waals surface area contributed by atoms with Crippen molar-refractivity contribution < 1.29 is 9.53 Å². The van der Waals surface area contributed by atoms with Crippen LogP contribution in [0.4, 0.5) is 5.69 Å². The lowest BCUT2D eigenvalue weighted by molar-refractivity contribution is -0.129. The van der Waals surface area contributed by atoms with Crippen LogP contribution in [0.15, 0.2) is 65.3 Å². The van der Waals surface area contributed by atoms with Gasteiger partial charge in [0, 0.05) is 24.8 Å². The monoisotopic (exact) mass is 306 g/mol. The molecule has 2 aromatic rings. The van der Waals surface area contributed by atoms with Crippen molar-refractivity contribution in [3.63, 3.8) is 0 Å². The van der Waals surface area contributed by atoms with E-state index in [0.717, 1.165) is 23.4 Å². The highest BCUT2D eigenvalue weighted by molar-refractivity contribution is 6.12. The van der Waals surface area contributed by atoms with Gasteiger partial charge in [0.15, 0.2) is 5.70 Å². The van der Waals surface area contributed by atoms with E-state index < -0.39 is 5.97 Å². The summed E-state index contributed by atoms with van der Waals surface area (Å²) in [6.45, 7) is 3.04. The molecule has 0 saturated heterocycles. The fourth-order valence-corrected chi connectivity index (χ4v) is 2.28. The number of cyclic esters (lactones) is 1. The van der Waals surface area contributed by atoms with Crippen molar-refractivity contribution in [3.8, 4) is 0 Å². The Morgan fingerprint density at radius 2 is 1.78 bits per heavy atom. The van der Waals surface area contributed by atoms with Crippen LogP contribution in [0, 0.1) is 0 Å². The van der Waals surface area contributed by atoms with Gasteiger partial charge in [0.05, 0.1) is 0 Å². The third kappa shape index (κ3) is 3.31. The van der Waals surface area contributed by atoms with E-state index in [1.165, 1.54) is 0 Å². The van der Waals surface area contributed by atoms with Crippen LogP contribution >= 0.6 is 0 Å². The molecule has 4 nitrogen and oxygen atoms in total. The summed E-state index contributed by atoms with van der Waals surface area (Å²) >= 11 is 0. The molecule has 0 fully saturated rings. The highest BCUT2D eigenvalue weighted by Gasteiger charge is 2.23. The van der Waals surface area contributed by atoms with Crippen LogP contribution in [0.1, 0.15) is 18.1 Å². The van der Waals surface area contributed by atoms with E-state index in [1.807, 2.05) is 61.6 Å². The van der Waals surface area contributed by atoms with Gasteiger partial charge < -0.3 is 9.64 Å². The Kier molecular flexibility index (Phi) is 4.24. The molecular formula is C19H18N2O2. The third-order valence-corrected chi connectivity index (χ3v) is 3.75. The Morgan fingerprint density at radius 3 is 2.43 bits per heavy atom. The summed E-state index contributed by atoms with van der Waals surface area (Å²) in [5.74, 6) is -0.0669. The fourth-order valence-electron chi connectivity index (χ4n) is 2.28. The molecule has 0 spiro atoms. The topological polar surface area (TPSA) is 41.9 Å². The Bertz CT molecular complexity index is 762. The number of nitrogens with zero attached hydrogens (tertiary/aromatic N) is 2. The zero-order chi connectivity index (χ0) is 16.2. The van der Waals surface area contributed by atoms with Crippen LogP contribution in [-0.4, -0.2) is 25.5 Å². The molecule has 0 unspecified atom stereocenters. The van der Waals surface area contributed by atoms with E-state index in [2.05, 4.69) is 16.8 Å². The van der Waals surface area contributed by atoms with Gasteiger partial charge >= 0.3 is 5.97 Å². The highest BCUT2D eigenvalue weighted by atomic mass is 16.6. The smallest absolute Gasteiger partial charge is 0.363 e. The summed E-state index contributed by atoms with van der Waals surface area (Å²) in [5, 5.41) is 0. The van der Waals surface area contributed by atoms with Gasteiger partial charge in [-0.05, 0) is 42.8 Å². The van der Waals surface area contributed by atoms with Crippen LogP contribution in [0.2, 0.25) is 0 Å². The summed E-state index contributed by atoms with van der Waals surface area (Å²) in [4.78, 5) is 18.4. The van der Waals surface area contributed by atoms with Gasteiger partial charge in [0.1, 0.15) is 0 Å². The number of aliphatic imine (C=N–C) groups is 1. The zero-order valence-electron chi connectivity index (χ0n) is 13.2. The molecule has 2 aromatic carbocycles. The van der Waals surface area contributed by atoms with Crippen LogP contribution in [0.25, 0.3) is 6.08 Å². The van der Waals surface area contributed by atoms with Gasteiger partial charge in [0.25, 0.3) is 0 Å². The molecule has 0 radical (unpaired) electrons. The van der Waals surface area contributed by atoms with Gasteiger partial charge in [-0.3, -0.25) is 0 Å². The molecule has 23 heavy (non-hydrogen) atoms. The minimum absolute atomic E-state index is 0.320. The Balaban J connectivity index is 1.84. The van der Waals surface area contributed by atoms with Crippen LogP contribution < -0.4 is 4.90 Å². The standard InChI is InChI=1S/C19H18N2O2/c1-3-21(2)16-11-9-14(10-12-16)13-17-19(22)23-18(20-17)15-7-5-4-6-8-15/h4-13H,3H2,1-2H3/b17-13+. The lowest BCUT2D eigenvalue weighted by Crippen LogP contribution is -2.15. The van der Waals surface area contributed by atoms with Crippen molar-refractivity contribution >= 4 is 23.6 Å². The second-order valence-electron chi connectivity index (χ2n) is 5.31. The van der Waals surface area contributed by atoms with Crippen molar-refractivity contribution in [1.82, 2.24) is 0 Å². The van der Waals surface area contributed by atoms with E-state index in [0.29, 0.717) is 11.6 Å². The lowest BCUT2D eigenvalue weighted by atomic mass is 10.1. The predicted molar refractivity (Wildman–Crippen MR) is 92.4 cm³/mol. The van der Waals surface area contributed by atoms with Gasteiger partial charge in [-0.1, -0.05) is 30.3 Å². The Morgan fingerprint density at radius 1 is 1.09 bits per heavy atom. The molecule has 0 aliphatic carbocycles. The summed E-state index contributed by atoms with van der Waals surface area (Å²) in [6, 6.07) is 17.4. The van der Waals surface area contributed by atoms with Crippen molar-refractivity contribution in [2.24, 2.45) is 4.99 Å². The maximum atomic E-state index is 12.0. The molecule has 0 N–H and O–H groups in total. The summed E-state index contributed by atoms with van der Waals surface area (Å²) in [5.41, 5.74) is 3.17. The maximum absolute atomic E-state index is 12.0. The SMILES string of the molecule is CCN(C)c1ccc(/C=C2/N=C(c3ccccc3)OC2=O)cc1. The number of hydrogen-bond donors (Lipinski definition) is 0. The number of hydrogen-bond acceptors (Lipinski definition) is 4. The quantitative estimate of drug-likeness (QED) is 0.641. The van der Waals surface area contributed by atoms with Crippen LogP contribution in [0.5, 0.6) is 0 Å². The summed E-state index contributed by atoms with van der Waals surface area (Å²) in [6.07, 6.45) is 1.74. The lowest BCUT2D eigenvalue weighted by Gasteiger charge is -2.16. The van der Waals surface area contributed by atoms with Crippen molar-refractivity contribution in [2.45, 2.75) is 6.92 Å². The van der Waals surface area contributed by atoms with Crippen LogP contribution in [-0.2, 0) is 9.53 Å². The minimum atomic E-state index is -0.418. The summed E-state index contributed by atoms with van der Waals surface area (Å²) in [7, 11) is 2.04. The van der Waals surface area contributed by atoms with Gasteiger partial charge in [-0.25, -0.2) is 9.79 Å². The minimum Gasteiger partial charge on any atom is -0.402 e. The molecule has 1 aliphatic rings. The maximum Gasteiger partial charge on any atom is 0.363 e. The number of ether oxygens (including phenoxy) is 1. The number of esters is 1. The van der Waals surface area contributed by atoms with Crippen molar-refractivity contribution in [3.05, 3.63) is 71.4 Å². The second kappa shape index (κ2) is 6.48. The predicted octanol–water partition coefficient (Wildman–Crippen LogP) is 3.49. The largest absolute Gasteiger partial charge is 0.402 e. The molecule has 0 bridgehead atoms. The number of carbonyl (C=O) groups is 1. The van der Waals surface area contributed by atoms with E-state index >= 15 is 0 Å². The first-order valence-electron chi connectivity index (χ1n) is 7.56. The Labute approximate surface area is 135 Å². The number of rotatable bonds is 4. The fraction of sp³-hybridized carbons (Fsp3) is 0.158. The van der Waals surface area contributed by atoms with Gasteiger partial charge in [-0.15, -0.1) is 0 Å². The first-order chi connectivity index (χ1) is 11.2. The highest BCUT2D eigenvalue weighted by Crippen LogP contribution is 2.20. The van der Waals surface area contributed by atoms with Crippen LogP contribution in [0.3, 0.4) is 0 Å². The third-order valence-electron chi connectivity index (χ3n) is 3.75. The second-order valence-corrected chi connectivity index (χ2v) is 5.31. The molecule has 116 valence electrons. The summed E-state index contributed by atoms with van der Waals surface area (Å²) < 4.78 is 5.25. The first-order valence-corrected chi connectivity index (χ1v) is 7.56.